The quantitative estimate of drug-likeness (QED) is 0.781. The van der Waals surface area contributed by atoms with E-state index in [0.29, 0.717) is 6.54 Å². The van der Waals surface area contributed by atoms with Crippen molar-refractivity contribution in [3.63, 3.8) is 0 Å². The van der Waals surface area contributed by atoms with Gasteiger partial charge in [0.15, 0.2) is 0 Å². The van der Waals surface area contributed by atoms with E-state index in [2.05, 4.69) is 10.6 Å². The summed E-state index contributed by atoms with van der Waals surface area (Å²) in [5, 5.41) is 5.96. The summed E-state index contributed by atoms with van der Waals surface area (Å²) in [4.78, 5) is 25.6. The molecular formula is C17H24ClN3O2. The normalized spacial score (nSPS) is 15.6. The summed E-state index contributed by atoms with van der Waals surface area (Å²) in [6.07, 6.45) is 4.85. The lowest BCUT2D eigenvalue weighted by molar-refractivity contribution is -0.129. The van der Waals surface area contributed by atoms with Crippen LogP contribution in [0.15, 0.2) is 30.5 Å². The first kappa shape index (κ1) is 19.2. The highest BCUT2D eigenvalue weighted by Gasteiger charge is 2.27. The third kappa shape index (κ3) is 5.08. The van der Waals surface area contributed by atoms with Gasteiger partial charge in [-0.1, -0.05) is 24.3 Å². The molecule has 1 unspecified atom stereocenters. The Kier molecular flexibility index (Phi) is 7.78. The van der Waals surface area contributed by atoms with E-state index in [-0.39, 0.29) is 36.7 Å². The Labute approximate surface area is 143 Å². The third-order valence-electron chi connectivity index (χ3n) is 3.77. The lowest BCUT2D eigenvalue weighted by atomic mass is 9.93. The molecule has 1 aliphatic rings. The Bertz CT molecular complexity index is 575. The number of halogens is 1. The summed E-state index contributed by atoms with van der Waals surface area (Å²) in [5.74, 6) is -0.0869. The average Bonchev–Trinajstić information content (AvgIpc) is 2.51. The number of rotatable bonds is 6. The molecule has 0 fully saturated rings. The first-order valence-electron chi connectivity index (χ1n) is 7.61. The predicted molar refractivity (Wildman–Crippen MR) is 94.2 cm³/mol. The van der Waals surface area contributed by atoms with E-state index in [9.17, 15) is 9.59 Å². The van der Waals surface area contributed by atoms with E-state index in [0.717, 1.165) is 24.1 Å². The van der Waals surface area contributed by atoms with E-state index in [1.807, 2.05) is 37.4 Å². The van der Waals surface area contributed by atoms with Crippen molar-refractivity contribution in [1.29, 1.82) is 0 Å². The van der Waals surface area contributed by atoms with Crippen molar-refractivity contribution in [3.05, 3.63) is 41.6 Å². The van der Waals surface area contributed by atoms with Crippen molar-refractivity contribution < 1.29 is 9.59 Å². The molecule has 0 saturated carbocycles. The monoisotopic (exact) mass is 337 g/mol. The minimum Gasteiger partial charge on any atom is -0.356 e. The second-order valence-electron chi connectivity index (χ2n) is 5.40. The van der Waals surface area contributed by atoms with Crippen LogP contribution >= 0.6 is 12.4 Å². The fourth-order valence-corrected chi connectivity index (χ4v) is 2.65. The highest BCUT2D eigenvalue weighted by atomic mass is 35.5. The highest BCUT2D eigenvalue weighted by molar-refractivity contribution is 5.85. The summed E-state index contributed by atoms with van der Waals surface area (Å²) in [7, 11) is 1.89. The molecule has 0 spiro atoms. The average molecular weight is 338 g/mol. The Balaban J connectivity index is 0.00000264. The van der Waals surface area contributed by atoms with Gasteiger partial charge in [-0.2, -0.15) is 0 Å². The Hall–Kier alpha value is -1.85. The van der Waals surface area contributed by atoms with Gasteiger partial charge in [0.25, 0.3) is 0 Å². The van der Waals surface area contributed by atoms with Gasteiger partial charge in [0.05, 0.1) is 12.5 Å². The topological polar surface area (TPSA) is 61.4 Å². The molecule has 1 aromatic carbocycles. The van der Waals surface area contributed by atoms with Crippen LogP contribution in [0.1, 0.15) is 36.9 Å². The smallest absolute Gasteiger partial charge is 0.223 e. The molecule has 0 saturated heterocycles. The largest absolute Gasteiger partial charge is 0.356 e. The summed E-state index contributed by atoms with van der Waals surface area (Å²) >= 11 is 0. The van der Waals surface area contributed by atoms with Crippen LogP contribution in [0.5, 0.6) is 0 Å². The Morgan fingerprint density at radius 2 is 1.96 bits per heavy atom. The zero-order chi connectivity index (χ0) is 15.9. The molecular weight excluding hydrogens is 314 g/mol. The summed E-state index contributed by atoms with van der Waals surface area (Å²) in [6, 6.07) is 7.65. The highest BCUT2D eigenvalue weighted by Crippen LogP contribution is 2.32. The van der Waals surface area contributed by atoms with E-state index in [1.165, 1.54) is 6.92 Å². The van der Waals surface area contributed by atoms with E-state index < -0.39 is 0 Å². The van der Waals surface area contributed by atoms with Crippen LogP contribution in [0.25, 0.3) is 6.08 Å². The molecule has 2 rings (SSSR count). The molecule has 6 heteroatoms. The minimum atomic E-state index is -0.233. The zero-order valence-electron chi connectivity index (χ0n) is 13.5. The van der Waals surface area contributed by atoms with Gasteiger partial charge < -0.3 is 15.5 Å². The zero-order valence-corrected chi connectivity index (χ0v) is 14.4. The lowest BCUT2D eigenvalue weighted by Gasteiger charge is -2.32. The van der Waals surface area contributed by atoms with Crippen LogP contribution in [-0.2, 0) is 9.59 Å². The Morgan fingerprint density at radius 1 is 1.22 bits per heavy atom. The molecule has 2 N–H and O–H groups in total. The van der Waals surface area contributed by atoms with E-state index >= 15 is 0 Å². The molecule has 126 valence electrons. The third-order valence-corrected chi connectivity index (χ3v) is 3.77. The summed E-state index contributed by atoms with van der Waals surface area (Å²) < 4.78 is 0. The lowest BCUT2D eigenvalue weighted by Crippen LogP contribution is -2.35. The second-order valence-corrected chi connectivity index (χ2v) is 5.40. The van der Waals surface area contributed by atoms with Crippen LogP contribution in [-0.4, -0.2) is 36.9 Å². The second kappa shape index (κ2) is 9.33. The maximum Gasteiger partial charge on any atom is 0.223 e. The van der Waals surface area contributed by atoms with Crippen molar-refractivity contribution in [1.82, 2.24) is 15.5 Å². The molecule has 1 atom stereocenters. The molecule has 2 amide bonds. The first-order valence-corrected chi connectivity index (χ1v) is 7.61. The molecule has 5 nitrogen and oxygen atoms in total. The Morgan fingerprint density at radius 3 is 2.65 bits per heavy atom. The van der Waals surface area contributed by atoms with Gasteiger partial charge in [-0.15, -0.1) is 12.4 Å². The molecule has 0 radical (unpaired) electrons. The van der Waals surface area contributed by atoms with Crippen LogP contribution < -0.4 is 10.6 Å². The van der Waals surface area contributed by atoms with Gasteiger partial charge in [-0.3, -0.25) is 9.59 Å². The van der Waals surface area contributed by atoms with Gasteiger partial charge in [0.1, 0.15) is 0 Å². The molecule has 1 heterocycles. The standard InChI is InChI=1S/C17H23N3O2.ClH/c1-13(21)20-11-8-14-6-3-4-7-15(14)16(20)12-17(22)19-10-5-9-18-2;/h3-4,6-8,11,16,18H,5,9-10,12H2,1-2H3,(H,19,22);1H. The van der Waals surface area contributed by atoms with Crippen LogP contribution in [0, 0.1) is 0 Å². The van der Waals surface area contributed by atoms with Gasteiger partial charge in [-0.05, 0) is 37.2 Å². The maximum absolute atomic E-state index is 12.2. The molecule has 1 aromatic rings. The van der Waals surface area contributed by atoms with Crippen LogP contribution in [0.2, 0.25) is 0 Å². The number of nitrogens with zero attached hydrogens (tertiary/aromatic N) is 1. The van der Waals surface area contributed by atoms with Gasteiger partial charge in [0.2, 0.25) is 11.8 Å². The molecule has 1 aliphatic heterocycles. The maximum atomic E-state index is 12.2. The number of nitrogens with one attached hydrogen (secondary N) is 2. The van der Waals surface area contributed by atoms with Crippen molar-refractivity contribution in [2.45, 2.75) is 25.8 Å². The van der Waals surface area contributed by atoms with Gasteiger partial charge in [-0.25, -0.2) is 0 Å². The summed E-state index contributed by atoms with van der Waals surface area (Å²) in [5.41, 5.74) is 2.08. The summed E-state index contributed by atoms with van der Waals surface area (Å²) in [6.45, 7) is 3.04. The van der Waals surface area contributed by atoms with Crippen LogP contribution in [0.3, 0.4) is 0 Å². The first-order chi connectivity index (χ1) is 10.6. The number of carbonyl (C=O) groups is 2. The van der Waals surface area contributed by atoms with Gasteiger partial charge >= 0.3 is 0 Å². The predicted octanol–water partition coefficient (Wildman–Crippen LogP) is 2.10. The van der Waals surface area contributed by atoms with E-state index in [4.69, 9.17) is 0 Å². The van der Waals surface area contributed by atoms with Crippen molar-refractivity contribution in [3.8, 4) is 0 Å². The number of fused-ring (bicyclic) bond motifs is 1. The number of amides is 2. The molecule has 0 aromatic heterocycles. The number of hydrogen-bond donors (Lipinski definition) is 2. The van der Waals surface area contributed by atoms with E-state index in [1.54, 1.807) is 11.1 Å². The van der Waals surface area contributed by atoms with Crippen molar-refractivity contribution >= 4 is 30.3 Å². The number of hydrogen-bond acceptors (Lipinski definition) is 3. The van der Waals surface area contributed by atoms with Crippen LogP contribution in [0.4, 0.5) is 0 Å². The van der Waals surface area contributed by atoms with Crippen molar-refractivity contribution in [2.75, 3.05) is 20.1 Å². The fourth-order valence-electron chi connectivity index (χ4n) is 2.65. The molecule has 0 bridgehead atoms. The molecule has 0 aliphatic carbocycles. The minimum absolute atomic E-state index is 0. The number of carbonyl (C=O) groups excluding carboxylic acids is 2. The molecule has 23 heavy (non-hydrogen) atoms. The van der Waals surface area contributed by atoms with Crippen molar-refractivity contribution in [2.24, 2.45) is 0 Å². The van der Waals surface area contributed by atoms with Gasteiger partial charge in [0, 0.05) is 19.7 Å². The SMILES string of the molecule is CNCCCNC(=O)CC1c2ccccc2C=CN1C(C)=O.Cl. The fraction of sp³-hybridized carbons (Fsp3) is 0.412. The number of benzene rings is 1.